The van der Waals surface area contributed by atoms with Crippen molar-refractivity contribution in [3.8, 4) is 0 Å². The van der Waals surface area contributed by atoms with Gasteiger partial charge in [-0.2, -0.15) is 13.9 Å². The quantitative estimate of drug-likeness (QED) is 0.682. The molecule has 2 heterocycles. The van der Waals surface area contributed by atoms with Gasteiger partial charge in [-0.15, -0.1) is 11.3 Å². The second kappa shape index (κ2) is 8.99. The van der Waals surface area contributed by atoms with E-state index in [0.29, 0.717) is 12.4 Å². The first-order valence-corrected chi connectivity index (χ1v) is 9.95. The summed E-state index contributed by atoms with van der Waals surface area (Å²) >= 11 is 4.83. The summed E-state index contributed by atoms with van der Waals surface area (Å²) in [6.45, 7) is 6.05. The van der Waals surface area contributed by atoms with Gasteiger partial charge in [-0.1, -0.05) is 0 Å². The van der Waals surface area contributed by atoms with Crippen LogP contribution >= 0.6 is 27.3 Å². The van der Waals surface area contributed by atoms with Gasteiger partial charge in [0.05, 0.1) is 16.9 Å². The first-order chi connectivity index (χ1) is 13.0. The van der Waals surface area contributed by atoms with Crippen molar-refractivity contribution >= 4 is 33.4 Å². The van der Waals surface area contributed by atoms with Gasteiger partial charge in [0.15, 0.2) is 0 Å². The average Bonchev–Trinajstić information content (AvgIpc) is 3.07. The highest BCUT2D eigenvalue weighted by Crippen LogP contribution is 2.22. The van der Waals surface area contributed by atoms with Gasteiger partial charge in [-0.3, -0.25) is 4.57 Å². The molecule has 0 fully saturated rings. The van der Waals surface area contributed by atoms with Crippen LogP contribution < -0.4 is 11.0 Å². The molecule has 0 aliphatic carbocycles. The summed E-state index contributed by atoms with van der Waals surface area (Å²) in [5.41, 5.74) is -1.67. The number of nitrogens with one attached hydrogen (secondary N) is 1. The number of alkyl carbamates (subject to hydrolysis) is 1. The molecular weight excluding hydrogens is 458 g/mol. The fourth-order valence-electron chi connectivity index (χ4n) is 2.28. The van der Waals surface area contributed by atoms with Crippen molar-refractivity contribution < 1.29 is 18.3 Å². The van der Waals surface area contributed by atoms with E-state index < -0.39 is 42.1 Å². The molecule has 0 bridgehead atoms. The fraction of sp³-hybridized carbons (Fsp3) is 0.471. The number of carbonyl (C=O) groups is 1. The van der Waals surface area contributed by atoms with Crippen molar-refractivity contribution in [2.75, 3.05) is 6.54 Å². The molecule has 0 saturated heterocycles. The van der Waals surface area contributed by atoms with Crippen molar-refractivity contribution in [3.63, 3.8) is 0 Å². The summed E-state index contributed by atoms with van der Waals surface area (Å²) in [5, 5.41) is 6.34. The van der Waals surface area contributed by atoms with Crippen molar-refractivity contribution in [1.29, 1.82) is 0 Å². The van der Waals surface area contributed by atoms with Crippen LogP contribution in [0.2, 0.25) is 0 Å². The maximum atomic E-state index is 13.3. The maximum Gasteiger partial charge on any atom is 0.407 e. The second-order valence-electron chi connectivity index (χ2n) is 7.00. The van der Waals surface area contributed by atoms with Crippen molar-refractivity contribution in [2.45, 2.75) is 46.4 Å². The molecule has 0 aliphatic rings. The SMILES string of the molecule is Cc1nn(CC(CNC(=O)OC(C)(C)C)=C(F)F)c(=O)n1Cc1ccc(Br)s1. The Morgan fingerprint density at radius 1 is 1.36 bits per heavy atom. The molecular formula is C17H21BrF2N4O3S. The lowest BCUT2D eigenvalue weighted by Gasteiger charge is -2.19. The minimum Gasteiger partial charge on any atom is -0.444 e. The lowest BCUT2D eigenvalue weighted by Crippen LogP contribution is -2.35. The van der Waals surface area contributed by atoms with Crippen molar-refractivity contribution in [2.24, 2.45) is 0 Å². The Kier molecular flexibility index (Phi) is 7.16. The van der Waals surface area contributed by atoms with Gasteiger partial charge < -0.3 is 10.1 Å². The van der Waals surface area contributed by atoms with Gasteiger partial charge in [0.2, 0.25) is 0 Å². The van der Waals surface area contributed by atoms with E-state index in [0.717, 1.165) is 13.3 Å². The molecule has 7 nitrogen and oxygen atoms in total. The van der Waals surface area contributed by atoms with Gasteiger partial charge in [-0.05, 0) is 55.8 Å². The first-order valence-electron chi connectivity index (χ1n) is 8.34. The van der Waals surface area contributed by atoms with Crippen LogP contribution in [0.1, 0.15) is 31.5 Å². The molecule has 1 N–H and O–H groups in total. The Morgan fingerprint density at radius 2 is 2.04 bits per heavy atom. The normalized spacial score (nSPS) is 11.4. The summed E-state index contributed by atoms with van der Waals surface area (Å²) in [6, 6.07) is 3.74. The molecule has 28 heavy (non-hydrogen) atoms. The summed E-state index contributed by atoms with van der Waals surface area (Å²) in [4.78, 5) is 25.2. The highest BCUT2D eigenvalue weighted by Gasteiger charge is 2.19. The van der Waals surface area contributed by atoms with Gasteiger partial charge >= 0.3 is 11.8 Å². The van der Waals surface area contributed by atoms with Crippen LogP contribution in [0.3, 0.4) is 0 Å². The van der Waals surface area contributed by atoms with Crippen molar-refractivity contribution in [3.05, 3.63) is 48.8 Å². The Balaban J connectivity index is 2.11. The van der Waals surface area contributed by atoms with Gasteiger partial charge in [0.1, 0.15) is 11.4 Å². The summed E-state index contributed by atoms with van der Waals surface area (Å²) in [7, 11) is 0. The number of thiophene rings is 1. The molecule has 0 spiro atoms. The minimum absolute atomic E-state index is 0.300. The first kappa shape index (κ1) is 22.3. The van der Waals surface area contributed by atoms with Crippen LogP contribution in [0, 0.1) is 6.92 Å². The highest BCUT2D eigenvalue weighted by atomic mass is 79.9. The average molecular weight is 479 g/mol. The largest absolute Gasteiger partial charge is 0.444 e. The number of halogens is 3. The molecule has 0 aliphatic heterocycles. The lowest BCUT2D eigenvalue weighted by molar-refractivity contribution is 0.0531. The number of aromatic nitrogens is 3. The van der Waals surface area contributed by atoms with Crippen LogP contribution in [0.4, 0.5) is 13.6 Å². The molecule has 2 aromatic rings. The molecule has 11 heteroatoms. The van der Waals surface area contributed by atoms with E-state index in [-0.39, 0.29) is 0 Å². The zero-order chi connectivity index (χ0) is 21.1. The number of carbonyl (C=O) groups excluding carboxylic acids is 1. The van der Waals surface area contributed by atoms with Gasteiger partial charge in [-0.25, -0.2) is 14.3 Å². The Hall–Kier alpha value is -2.01. The van der Waals surface area contributed by atoms with Crippen LogP contribution in [0.25, 0.3) is 0 Å². The molecule has 0 atom stereocenters. The number of nitrogens with zero attached hydrogens (tertiary/aromatic N) is 3. The standard InChI is InChI=1S/C17H21BrF2N4O3S/c1-10-22-24(16(26)23(10)9-12-5-6-13(18)28-12)8-11(14(19)20)7-21-15(25)27-17(2,3)4/h5-6H,7-9H2,1-4H3,(H,21,25). The van der Waals surface area contributed by atoms with Crippen LogP contribution in [0.15, 0.2) is 32.4 Å². The number of hydrogen-bond acceptors (Lipinski definition) is 5. The highest BCUT2D eigenvalue weighted by molar-refractivity contribution is 9.11. The number of hydrogen-bond donors (Lipinski definition) is 1. The number of ether oxygens (including phenoxy) is 1. The minimum atomic E-state index is -1.97. The molecule has 1 amide bonds. The maximum absolute atomic E-state index is 13.3. The molecule has 154 valence electrons. The summed E-state index contributed by atoms with van der Waals surface area (Å²) in [6.07, 6.45) is -2.79. The van der Waals surface area contributed by atoms with E-state index >= 15 is 0 Å². The van der Waals surface area contributed by atoms with Crippen LogP contribution in [-0.4, -0.2) is 32.6 Å². The second-order valence-corrected chi connectivity index (χ2v) is 9.55. The third-order valence-corrected chi connectivity index (χ3v) is 5.11. The molecule has 0 unspecified atom stereocenters. The monoisotopic (exact) mass is 478 g/mol. The molecule has 0 saturated carbocycles. The zero-order valence-electron chi connectivity index (χ0n) is 15.9. The van der Waals surface area contributed by atoms with E-state index in [9.17, 15) is 18.4 Å². The third-order valence-electron chi connectivity index (χ3n) is 3.50. The number of aryl methyl sites for hydroxylation is 1. The van der Waals surface area contributed by atoms with Crippen molar-refractivity contribution in [1.82, 2.24) is 19.7 Å². The Labute approximate surface area is 173 Å². The van der Waals surface area contributed by atoms with E-state index in [4.69, 9.17) is 4.74 Å². The van der Waals surface area contributed by atoms with Crippen LogP contribution in [0.5, 0.6) is 0 Å². The van der Waals surface area contributed by atoms with E-state index in [1.165, 1.54) is 15.9 Å². The fourth-order valence-corrected chi connectivity index (χ4v) is 3.76. The van der Waals surface area contributed by atoms with Crippen LogP contribution in [-0.2, 0) is 17.8 Å². The number of amides is 1. The van der Waals surface area contributed by atoms with Gasteiger partial charge in [0, 0.05) is 17.0 Å². The molecule has 2 aromatic heterocycles. The van der Waals surface area contributed by atoms with E-state index in [1.54, 1.807) is 27.7 Å². The molecule has 0 aromatic carbocycles. The Morgan fingerprint density at radius 3 is 2.57 bits per heavy atom. The molecule has 0 radical (unpaired) electrons. The predicted octanol–water partition coefficient (Wildman–Crippen LogP) is 3.90. The lowest BCUT2D eigenvalue weighted by atomic mass is 10.2. The third kappa shape index (κ3) is 6.26. The summed E-state index contributed by atoms with van der Waals surface area (Å²) < 4.78 is 34.9. The van der Waals surface area contributed by atoms with Gasteiger partial charge in [0.25, 0.3) is 6.08 Å². The summed E-state index contributed by atoms with van der Waals surface area (Å²) in [5.74, 6) is 0.410. The molecule has 2 rings (SSSR count). The topological polar surface area (TPSA) is 78.2 Å². The van der Waals surface area contributed by atoms with E-state index in [2.05, 4.69) is 26.3 Å². The Bertz CT molecular complexity index is 939. The zero-order valence-corrected chi connectivity index (χ0v) is 18.3. The smallest absolute Gasteiger partial charge is 0.407 e. The number of rotatable bonds is 6. The van der Waals surface area contributed by atoms with E-state index in [1.807, 2.05) is 12.1 Å². The predicted molar refractivity (Wildman–Crippen MR) is 106 cm³/mol.